The number of sulfonamides is 1. The van der Waals surface area contributed by atoms with E-state index in [0.29, 0.717) is 11.6 Å². The van der Waals surface area contributed by atoms with Gasteiger partial charge in [-0.2, -0.15) is 0 Å². The molecule has 2 aromatic carbocycles. The highest BCUT2D eigenvalue weighted by molar-refractivity contribution is 7.93. The number of nitrogens with one attached hydrogen (secondary N) is 2. The summed E-state index contributed by atoms with van der Waals surface area (Å²) in [5, 5.41) is 5.36. The van der Waals surface area contributed by atoms with Crippen molar-refractivity contribution in [2.75, 3.05) is 24.1 Å². The number of aryl methyl sites for hydroxylation is 1. The van der Waals surface area contributed by atoms with E-state index in [1.807, 2.05) is 14.1 Å². The third-order valence-electron chi connectivity index (χ3n) is 6.30. The Balaban J connectivity index is 1.58. The molecule has 0 saturated heterocycles. The summed E-state index contributed by atoms with van der Waals surface area (Å²) in [6.07, 6.45) is 4.36. The van der Waals surface area contributed by atoms with Gasteiger partial charge in [0.05, 0.1) is 10.7 Å². The average molecular weight is 523 g/mol. The number of hydrogen-bond donors (Lipinski definition) is 2. The summed E-state index contributed by atoms with van der Waals surface area (Å²) in [5.41, 5.74) is 2.91. The molecule has 1 aliphatic rings. The molecule has 10 heteroatoms. The van der Waals surface area contributed by atoms with E-state index < -0.39 is 20.7 Å². The Kier molecular flexibility index (Phi) is 7.47. The van der Waals surface area contributed by atoms with Crippen molar-refractivity contribution in [1.29, 1.82) is 0 Å². The van der Waals surface area contributed by atoms with Gasteiger partial charge in [0, 0.05) is 23.7 Å². The monoisotopic (exact) mass is 522 g/mol. The molecule has 1 fully saturated rings. The lowest BCUT2D eigenvalue weighted by atomic mass is 9.78. The molecule has 34 heavy (non-hydrogen) atoms. The van der Waals surface area contributed by atoms with Gasteiger partial charge in [-0.1, -0.05) is 41.4 Å². The number of anilines is 2. The fourth-order valence-corrected chi connectivity index (χ4v) is 6.80. The van der Waals surface area contributed by atoms with Crippen LogP contribution in [0, 0.1) is 12.7 Å². The van der Waals surface area contributed by atoms with E-state index in [1.54, 1.807) is 5.38 Å². The minimum absolute atomic E-state index is 0.0158. The van der Waals surface area contributed by atoms with E-state index in [0.717, 1.165) is 36.7 Å². The predicted molar refractivity (Wildman–Crippen MR) is 137 cm³/mol. The molecule has 0 amide bonds. The van der Waals surface area contributed by atoms with Crippen molar-refractivity contribution in [3.8, 4) is 0 Å². The molecule has 1 aromatic heterocycles. The van der Waals surface area contributed by atoms with Gasteiger partial charge in [-0.05, 0) is 63.9 Å². The van der Waals surface area contributed by atoms with Gasteiger partial charge in [-0.15, -0.1) is 11.3 Å². The van der Waals surface area contributed by atoms with Crippen molar-refractivity contribution in [1.82, 2.24) is 9.88 Å². The molecule has 6 nitrogen and oxygen atoms in total. The van der Waals surface area contributed by atoms with E-state index in [1.165, 1.54) is 23.4 Å². The first-order chi connectivity index (χ1) is 16.1. The zero-order valence-electron chi connectivity index (χ0n) is 19.3. The van der Waals surface area contributed by atoms with Gasteiger partial charge in [0.1, 0.15) is 10.7 Å². The summed E-state index contributed by atoms with van der Waals surface area (Å²) in [5.74, 6) is -0.497. The summed E-state index contributed by atoms with van der Waals surface area (Å²) in [7, 11) is -0.0845. The molecule has 0 radical (unpaired) electrons. The van der Waals surface area contributed by atoms with E-state index in [9.17, 15) is 8.42 Å². The van der Waals surface area contributed by atoms with E-state index >= 15 is 4.39 Å². The number of nitrogens with zero attached hydrogens (tertiary/aromatic N) is 2. The van der Waals surface area contributed by atoms with Crippen LogP contribution in [0.15, 0.2) is 52.9 Å². The fourth-order valence-electron chi connectivity index (χ4n) is 4.64. The molecule has 0 bridgehead atoms. The Labute approximate surface area is 209 Å². The molecular formula is C24H28ClFN4O2S2. The average Bonchev–Trinajstić information content (AvgIpc) is 3.28. The summed E-state index contributed by atoms with van der Waals surface area (Å²) < 4.78 is 42.6. The SMILES string of the molecule is Cc1cccc([C@@H]2CC[C@H](N(C)C)[C@@H](Nc3cc(F)c(S(=O)(=O)Nc4nccs4)cc3Cl)C2)c1. The molecule has 1 aliphatic carbocycles. The first-order valence-electron chi connectivity index (χ1n) is 11.0. The third-order valence-corrected chi connectivity index (χ3v) is 8.78. The third kappa shape index (κ3) is 5.54. The molecule has 182 valence electrons. The Morgan fingerprint density at radius 3 is 2.68 bits per heavy atom. The van der Waals surface area contributed by atoms with Crippen molar-refractivity contribution >= 4 is 43.8 Å². The smallest absolute Gasteiger partial charge is 0.266 e. The van der Waals surface area contributed by atoms with E-state index in [2.05, 4.69) is 51.1 Å². The summed E-state index contributed by atoms with van der Waals surface area (Å²) in [6.45, 7) is 2.09. The summed E-state index contributed by atoms with van der Waals surface area (Å²) in [6, 6.07) is 11.1. The van der Waals surface area contributed by atoms with Gasteiger partial charge in [-0.3, -0.25) is 4.72 Å². The molecule has 2 N–H and O–H groups in total. The predicted octanol–water partition coefficient (Wildman–Crippen LogP) is 5.72. The van der Waals surface area contributed by atoms with Gasteiger partial charge < -0.3 is 10.2 Å². The van der Waals surface area contributed by atoms with Gasteiger partial charge >= 0.3 is 0 Å². The standard InChI is InChI=1S/C24H28ClFN4O2S2/c1-15-5-4-6-16(11-15)17-7-8-22(30(2)3)21(12-17)28-20-14-19(26)23(13-18(20)25)34(31,32)29-24-27-9-10-33-24/h4-6,9-11,13-14,17,21-22,28H,7-8,12H2,1-3H3,(H,27,29)/t17-,21+,22+/m1/s1. The Bertz CT molecular complexity index is 1250. The number of aromatic nitrogens is 1. The molecule has 0 unspecified atom stereocenters. The van der Waals surface area contributed by atoms with Crippen LogP contribution in [0.2, 0.25) is 5.02 Å². The molecule has 3 aromatic rings. The number of halogens is 2. The number of hydrogen-bond acceptors (Lipinski definition) is 6. The minimum atomic E-state index is -4.16. The van der Waals surface area contributed by atoms with E-state index in [-0.39, 0.29) is 22.2 Å². The normalized spacial score (nSPS) is 20.9. The highest BCUT2D eigenvalue weighted by Gasteiger charge is 2.33. The van der Waals surface area contributed by atoms with Crippen LogP contribution in [0.25, 0.3) is 0 Å². The molecule has 1 saturated carbocycles. The van der Waals surface area contributed by atoms with E-state index in [4.69, 9.17) is 11.6 Å². The number of likely N-dealkylation sites (N-methyl/N-ethyl adjacent to an activating group) is 1. The van der Waals surface area contributed by atoms with Crippen LogP contribution >= 0.6 is 22.9 Å². The topological polar surface area (TPSA) is 74.3 Å². The van der Waals surface area contributed by atoms with Gasteiger partial charge in [0.2, 0.25) is 0 Å². The quantitative estimate of drug-likeness (QED) is 0.415. The first kappa shape index (κ1) is 24.9. The van der Waals surface area contributed by atoms with Crippen LogP contribution < -0.4 is 10.0 Å². The maximum absolute atomic E-state index is 15.0. The van der Waals surface area contributed by atoms with Crippen molar-refractivity contribution in [3.63, 3.8) is 0 Å². The van der Waals surface area contributed by atoms with Crippen LogP contribution in [0.1, 0.15) is 36.3 Å². The Hall–Kier alpha value is -2.20. The Morgan fingerprint density at radius 1 is 1.21 bits per heavy atom. The number of benzene rings is 2. The molecule has 4 rings (SSSR count). The molecule has 0 aliphatic heterocycles. The largest absolute Gasteiger partial charge is 0.379 e. The van der Waals surface area contributed by atoms with Gasteiger partial charge in [0.25, 0.3) is 10.0 Å². The zero-order valence-corrected chi connectivity index (χ0v) is 21.6. The Morgan fingerprint density at radius 2 is 2.00 bits per heavy atom. The zero-order chi connectivity index (χ0) is 24.5. The van der Waals surface area contributed by atoms with Crippen LogP contribution in [0.5, 0.6) is 0 Å². The van der Waals surface area contributed by atoms with Crippen molar-refractivity contribution < 1.29 is 12.8 Å². The lowest BCUT2D eigenvalue weighted by Crippen LogP contribution is -2.47. The minimum Gasteiger partial charge on any atom is -0.379 e. The van der Waals surface area contributed by atoms with Crippen LogP contribution in [-0.4, -0.2) is 44.5 Å². The first-order valence-corrected chi connectivity index (χ1v) is 13.8. The summed E-state index contributed by atoms with van der Waals surface area (Å²) in [4.78, 5) is 5.55. The highest BCUT2D eigenvalue weighted by Crippen LogP contribution is 2.38. The second-order valence-corrected chi connectivity index (χ2v) is 11.9. The molecule has 3 atom stereocenters. The van der Waals surface area contributed by atoms with Gasteiger partial charge in [0.15, 0.2) is 5.13 Å². The van der Waals surface area contributed by atoms with Crippen molar-refractivity contribution in [2.24, 2.45) is 0 Å². The van der Waals surface area contributed by atoms with Gasteiger partial charge in [-0.25, -0.2) is 17.8 Å². The fraction of sp³-hybridized carbons (Fsp3) is 0.375. The molecular weight excluding hydrogens is 495 g/mol. The summed E-state index contributed by atoms with van der Waals surface area (Å²) >= 11 is 7.57. The maximum Gasteiger partial charge on any atom is 0.266 e. The lowest BCUT2D eigenvalue weighted by molar-refractivity contribution is 0.199. The molecule has 0 spiro atoms. The van der Waals surface area contributed by atoms with Crippen molar-refractivity contribution in [2.45, 2.75) is 49.1 Å². The highest BCUT2D eigenvalue weighted by atomic mass is 35.5. The van der Waals surface area contributed by atoms with Crippen molar-refractivity contribution in [3.05, 3.63) is 69.9 Å². The lowest BCUT2D eigenvalue weighted by Gasteiger charge is -2.41. The van der Waals surface area contributed by atoms with Crippen LogP contribution in [0.3, 0.4) is 0 Å². The van der Waals surface area contributed by atoms with Crippen LogP contribution in [-0.2, 0) is 10.0 Å². The van der Waals surface area contributed by atoms with Crippen LogP contribution in [0.4, 0.5) is 15.2 Å². The second-order valence-electron chi connectivity index (χ2n) is 8.91. The molecule has 1 heterocycles. The second kappa shape index (κ2) is 10.2. The number of rotatable bonds is 7. The number of thiazole rings is 1. The maximum atomic E-state index is 15.0.